The van der Waals surface area contributed by atoms with Gasteiger partial charge < -0.3 is 4.90 Å². The first-order valence-corrected chi connectivity index (χ1v) is 7.37. The lowest BCUT2D eigenvalue weighted by Gasteiger charge is -2.36. The van der Waals surface area contributed by atoms with Crippen LogP contribution in [0.1, 0.15) is 12.8 Å². The molecule has 94 valence electrons. The average Bonchev–Trinajstić information content (AvgIpc) is 3.13. The molecule has 0 aromatic carbocycles. The molecule has 0 unspecified atom stereocenters. The predicted molar refractivity (Wildman–Crippen MR) is 62.4 cm³/mol. The number of hydrogen-bond acceptors (Lipinski definition) is 4. The molecule has 1 saturated carbocycles. The first-order valence-electron chi connectivity index (χ1n) is 5.87. The zero-order valence-corrected chi connectivity index (χ0v) is 11.0. The summed E-state index contributed by atoms with van der Waals surface area (Å²) in [6.45, 7) is 4.68. The van der Waals surface area contributed by atoms with E-state index in [2.05, 4.69) is 4.90 Å². The van der Waals surface area contributed by atoms with E-state index in [9.17, 15) is 4.57 Å². The second-order valence-electron chi connectivity index (χ2n) is 4.53. The highest BCUT2D eigenvalue weighted by molar-refractivity contribution is 7.51. The fourth-order valence-corrected chi connectivity index (χ4v) is 3.42. The van der Waals surface area contributed by atoms with E-state index in [1.807, 2.05) is 4.67 Å². The first kappa shape index (κ1) is 12.5. The van der Waals surface area contributed by atoms with Crippen LogP contribution in [0.2, 0.25) is 0 Å². The van der Waals surface area contributed by atoms with Crippen LogP contribution < -0.4 is 0 Å². The Morgan fingerprint density at radius 3 is 2.12 bits per heavy atom. The maximum atomic E-state index is 12.1. The summed E-state index contributed by atoms with van der Waals surface area (Å²) in [5, 5.41) is 0. The van der Waals surface area contributed by atoms with Gasteiger partial charge in [-0.1, -0.05) is 0 Å². The molecule has 1 heterocycles. The third kappa shape index (κ3) is 2.84. The summed E-state index contributed by atoms with van der Waals surface area (Å²) >= 11 is 0. The van der Waals surface area contributed by atoms with E-state index >= 15 is 0 Å². The van der Waals surface area contributed by atoms with E-state index in [4.69, 9.17) is 9.05 Å². The molecule has 0 aromatic heterocycles. The summed E-state index contributed by atoms with van der Waals surface area (Å²) in [6, 6.07) is 0. The highest BCUT2D eigenvalue weighted by atomic mass is 31.2. The van der Waals surface area contributed by atoms with Gasteiger partial charge in [0.15, 0.2) is 0 Å². The topological polar surface area (TPSA) is 42.0 Å². The molecule has 0 atom stereocenters. The molecular weight excluding hydrogens is 227 g/mol. The van der Waals surface area contributed by atoms with Gasteiger partial charge in [0.1, 0.15) is 0 Å². The van der Waals surface area contributed by atoms with Crippen molar-refractivity contribution in [3.63, 3.8) is 0 Å². The van der Waals surface area contributed by atoms with E-state index in [1.165, 1.54) is 33.6 Å². The maximum Gasteiger partial charge on any atom is 0.407 e. The highest BCUT2D eigenvalue weighted by Crippen LogP contribution is 2.50. The average molecular weight is 248 g/mol. The molecule has 0 aromatic rings. The number of rotatable bonds is 5. The molecule has 0 spiro atoms. The van der Waals surface area contributed by atoms with Gasteiger partial charge in [-0.25, -0.2) is 9.24 Å². The van der Waals surface area contributed by atoms with E-state index in [0.717, 1.165) is 32.1 Å². The molecule has 1 aliphatic heterocycles. The van der Waals surface area contributed by atoms with Gasteiger partial charge in [-0.15, -0.1) is 0 Å². The molecule has 2 rings (SSSR count). The zero-order valence-electron chi connectivity index (χ0n) is 10.1. The summed E-state index contributed by atoms with van der Waals surface area (Å²) in [7, 11) is -0.104. The van der Waals surface area contributed by atoms with E-state index in [1.54, 1.807) is 0 Å². The van der Waals surface area contributed by atoms with Crippen LogP contribution in [-0.4, -0.2) is 56.5 Å². The van der Waals surface area contributed by atoms with Crippen molar-refractivity contribution in [1.82, 2.24) is 9.57 Å². The van der Waals surface area contributed by atoms with Crippen LogP contribution in [-0.2, 0) is 13.6 Å². The van der Waals surface area contributed by atoms with Crippen molar-refractivity contribution in [3.8, 4) is 0 Å². The SMILES string of the molecule is COP(=O)(OC)N1CCN(CC2CC2)CC1. The van der Waals surface area contributed by atoms with Gasteiger partial charge in [-0.3, -0.25) is 9.05 Å². The first-order chi connectivity index (χ1) is 7.68. The van der Waals surface area contributed by atoms with Crippen LogP contribution in [0, 0.1) is 5.92 Å². The fourth-order valence-electron chi connectivity index (χ4n) is 2.14. The van der Waals surface area contributed by atoms with Crippen molar-refractivity contribution in [2.45, 2.75) is 12.8 Å². The molecule has 6 heteroatoms. The van der Waals surface area contributed by atoms with E-state index < -0.39 is 7.75 Å². The normalized spacial score (nSPS) is 24.9. The quantitative estimate of drug-likeness (QED) is 0.688. The monoisotopic (exact) mass is 248 g/mol. The molecule has 0 N–H and O–H groups in total. The van der Waals surface area contributed by atoms with Crippen LogP contribution >= 0.6 is 7.75 Å². The molecule has 5 nitrogen and oxygen atoms in total. The van der Waals surface area contributed by atoms with Crippen molar-refractivity contribution in [2.75, 3.05) is 46.9 Å². The van der Waals surface area contributed by atoms with Gasteiger partial charge in [-0.2, -0.15) is 0 Å². The highest BCUT2D eigenvalue weighted by Gasteiger charge is 2.35. The maximum absolute atomic E-state index is 12.1. The molecule has 0 amide bonds. The van der Waals surface area contributed by atoms with Crippen LogP contribution in [0.5, 0.6) is 0 Å². The van der Waals surface area contributed by atoms with Crippen molar-refractivity contribution in [3.05, 3.63) is 0 Å². The van der Waals surface area contributed by atoms with Crippen LogP contribution in [0.3, 0.4) is 0 Å². The Morgan fingerprint density at radius 2 is 1.69 bits per heavy atom. The largest absolute Gasteiger partial charge is 0.407 e. The van der Waals surface area contributed by atoms with Crippen LogP contribution in [0.4, 0.5) is 0 Å². The molecule has 0 radical (unpaired) electrons. The standard InChI is InChI=1S/C10H21N2O3P/c1-14-16(13,15-2)12-7-5-11(6-8-12)9-10-3-4-10/h10H,3-9H2,1-2H3. The predicted octanol–water partition coefficient (Wildman–Crippen LogP) is 1.41. The van der Waals surface area contributed by atoms with Crippen molar-refractivity contribution in [2.24, 2.45) is 5.92 Å². The van der Waals surface area contributed by atoms with E-state index in [0.29, 0.717) is 0 Å². The van der Waals surface area contributed by atoms with Gasteiger partial charge in [0.2, 0.25) is 0 Å². The van der Waals surface area contributed by atoms with Gasteiger partial charge in [-0.05, 0) is 18.8 Å². The van der Waals surface area contributed by atoms with Crippen LogP contribution in [0.25, 0.3) is 0 Å². The number of hydrogen-bond donors (Lipinski definition) is 0. The minimum Gasteiger partial charge on any atom is -0.300 e. The Kier molecular flexibility index (Phi) is 4.03. The minimum atomic E-state index is -2.99. The summed E-state index contributed by atoms with van der Waals surface area (Å²) in [6.07, 6.45) is 2.77. The lowest BCUT2D eigenvalue weighted by Crippen LogP contribution is -2.45. The van der Waals surface area contributed by atoms with Gasteiger partial charge in [0, 0.05) is 46.9 Å². The number of nitrogens with zero attached hydrogens (tertiary/aromatic N) is 2. The zero-order chi connectivity index (χ0) is 11.6. The fraction of sp³-hybridized carbons (Fsp3) is 1.00. The van der Waals surface area contributed by atoms with Crippen molar-refractivity contribution < 1.29 is 13.6 Å². The Hall–Kier alpha value is 0.0700. The summed E-state index contributed by atoms with van der Waals surface area (Å²) in [5.74, 6) is 0.920. The molecule has 1 aliphatic carbocycles. The second-order valence-corrected chi connectivity index (χ2v) is 6.76. The molecule has 2 aliphatic rings. The van der Waals surface area contributed by atoms with Crippen molar-refractivity contribution >= 4 is 7.75 Å². The van der Waals surface area contributed by atoms with Gasteiger partial charge in [0.25, 0.3) is 0 Å². The van der Waals surface area contributed by atoms with Gasteiger partial charge in [0.05, 0.1) is 0 Å². The third-order valence-corrected chi connectivity index (χ3v) is 5.39. The summed E-state index contributed by atoms with van der Waals surface area (Å²) in [5.41, 5.74) is 0. The Morgan fingerprint density at radius 1 is 1.12 bits per heavy atom. The molecule has 16 heavy (non-hydrogen) atoms. The smallest absolute Gasteiger partial charge is 0.300 e. The van der Waals surface area contributed by atoms with Crippen LogP contribution in [0.15, 0.2) is 0 Å². The lowest BCUT2D eigenvalue weighted by molar-refractivity contribution is 0.139. The summed E-state index contributed by atoms with van der Waals surface area (Å²) in [4.78, 5) is 2.45. The summed E-state index contributed by atoms with van der Waals surface area (Å²) < 4.78 is 23.9. The van der Waals surface area contributed by atoms with Crippen molar-refractivity contribution in [1.29, 1.82) is 0 Å². The van der Waals surface area contributed by atoms with E-state index in [-0.39, 0.29) is 0 Å². The molecule has 2 fully saturated rings. The Labute approximate surface area is 97.3 Å². The molecule has 0 bridgehead atoms. The minimum absolute atomic E-state index is 0.770. The lowest BCUT2D eigenvalue weighted by atomic mass is 10.3. The third-order valence-electron chi connectivity index (χ3n) is 3.37. The number of piperazine rings is 1. The Balaban J connectivity index is 1.81. The molecule has 1 saturated heterocycles. The van der Waals surface area contributed by atoms with Gasteiger partial charge >= 0.3 is 7.75 Å². The Bertz CT molecular complexity index is 267. The second kappa shape index (κ2) is 5.15. The molecular formula is C10H21N2O3P.